The van der Waals surface area contributed by atoms with E-state index in [9.17, 15) is 5.11 Å². The summed E-state index contributed by atoms with van der Waals surface area (Å²) in [6, 6.07) is 6.12. The summed E-state index contributed by atoms with van der Waals surface area (Å²) in [5.74, 6) is 0. The van der Waals surface area contributed by atoms with Gasteiger partial charge < -0.3 is 10.8 Å². The van der Waals surface area contributed by atoms with Crippen molar-refractivity contribution in [3.63, 3.8) is 0 Å². The minimum absolute atomic E-state index is 0.128. The van der Waals surface area contributed by atoms with Crippen LogP contribution in [0.3, 0.4) is 0 Å². The van der Waals surface area contributed by atoms with Crippen molar-refractivity contribution in [3.8, 4) is 0 Å². The first kappa shape index (κ1) is 15.0. The van der Waals surface area contributed by atoms with Crippen LogP contribution >= 0.6 is 15.9 Å². The van der Waals surface area contributed by atoms with E-state index in [-0.39, 0.29) is 5.41 Å². The largest absolute Gasteiger partial charge is 0.388 e. The van der Waals surface area contributed by atoms with E-state index in [1.54, 1.807) is 0 Å². The molecule has 1 fully saturated rings. The highest BCUT2D eigenvalue weighted by atomic mass is 79.9. The maximum absolute atomic E-state index is 10.8. The van der Waals surface area contributed by atoms with Crippen LogP contribution in [0.1, 0.15) is 55.8 Å². The van der Waals surface area contributed by atoms with Crippen LogP contribution in [-0.2, 0) is 0 Å². The fraction of sp³-hybridized carbons (Fsp3) is 0.625. The molecule has 106 valence electrons. The van der Waals surface area contributed by atoms with Gasteiger partial charge in [-0.15, -0.1) is 0 Å². The average Bonchev–Trinajstić information content (AvgIpc) is 2.67. The summed E-state index contributed by atoms with van der Waals surface area (Å²) < 4.78 is 1.09. The Bertz CT molecular complexity index is 425. The molecular weight excluding hydrogens is 302 g/mol. The van der Waals surface area contributed by atoms with Gasteiger partial charge in [-0.1, -0.05) is 53.7 Å². The van der Waals surface area contributed by atoms with Gasteiger partial charge >= 0.3 is 0 Å². The zero-order valence-corrected chi connectivity index (χ0v) is 13.2. The van der Waals surface area contributed by atoms with E-state index >= 15 is 0 Å². The fourth-order valence-corrected chi connectivity index (χ4v) is 3.46. The van der Waals surface area contributed by atoms with Crippen molar-refractivity contribution in [2.45, 2.75) is 51.6 Å². The van der Waals surface area contributed by atoms with E-state index in [0.717, 1.165) is 28.4 Å². The first-order valence-electron chi connectivity index (χ1n) is 7.23. The highest BCUT2D eigenvalue weighted by Crippen LogP contribution is 2.44. The summed E-state index contributed by atoms with van der Waals surface area (Å²) in [7, 11) is 0. The quantitative estimate of drug-likeness (QED) is 0.822. The average molecular weight is 326 g/mol. The summed E-state index contributed by atoms with van der Waals surface area (Å²) in [6.45, 7) is 2.63. The molecule has 0 heterocycles. The molecule has 0 aliphatic heterocycles. The third-order valence-electron chi connectivity index (χ3n) is 4.58. The predicted molar refractivity (Wildman–Crippen MR) is 83.0 cm³/mol. The van der Waals surface area contributed by atoms with Crippen LogP contribution in [0.4, 0.5) is 0 Å². The molecule has 0 spiro atoms. The Labute approximate surface area is 124 Å². The Kier molecular flexibility index (Phi) is 5.04. The number of hydrogen-bond acceptors (Lipinski definition) is 2. The van der Waals surface area contributed by atoms with Gasteiger partial charge in [-0.05, 0) is 37.0 Å². The van der Waals surface area contributed by atoms with Gasteiger partial charge in [-0.2, -0.15) is 0 Å². The second-order valence-electron chi connectivity index (χ2n) is 5.89. The Hall–Kier alpha value is -0.380. The van der Waals surface area contributed by atoms with E-state index in [2.05, 4.69) is 28.9 Å². The molecular formula is C16H24BrNO. The smallest absolute Gasteiger partial charge is 0.0858 e. The predicted octanol–water partition coefficient (Wildman–Crippen LogP) is 4.09. The molecule has 1 saturated carbocycles. The number of hydrogen-bond donors (Lipinski definition) is 2. The zero-order chi connectivity index (χ0) is 13.9. The van der Waals surface area contributed by atoms with Gasteiger partial charge in [0.15, 0.2) is 0 Å². The number of benzene rings is 1. The Morgan fingerprint density at radius 2 is 1.89 bits per heavy atom. The van der Waals surface area contributed by atoms with Gasteiger partial charge in [0.25, 0.3) is 0 Å². The first-order chi connectivity index (χ1) is 9.09. The van der Waals surface area contributed by atoms with Crippen molar-refractivity contribution in [1.29, 1.82) is 0 Å². The molecule has 0 amide bonds. The van der Waals surface area contributed by atoms with Crippen LogP contribution in [0.15, 0.2) is 22.7 Å². The molecule has 1 unspecified atom stereocenters. The summed E-state index contributed by atoms with van der Waals surface area (Å²) in [6.07, 6.45) is 6.55. The third kappa shape index (κ3) is 3.21. The van der Waals surface area contributed by atoms with Crippen LogP contribution in [0.2, 0.25) is 0 Å². The zero-order valence-electron chi connectivity index (χ0n) is 11.7. The van der Waals surface area contributed by atoms with Crippen molar-refractivity contribution in [2.24, 2.45) is 11.1 Å². The van der Waals surface area contributed by atoms with Crippen LogP contribution in [0, 0.1) is 12.3 Å². The van der Waals surface area contributed by atoms with Crippen molar-refractivity contribution in [2.75, 3.05) is 6.54 Å². The lowest BCUT2D eigenvalue weighted by molar-refractivity contribution is 0.0166. The SMILES string of the molecule is Cc1cc(C(O)C2(CN)CCCCCC2)ccc1Br. The molecule has 0 saturated heterocycles. The van der Waals surface area contributed by atoms with Gasteiger partial charge in [0.05, 0.1) is 6.10 Å². The van der Waals surface area contributed by atoms with Crippen LogP contribution in [-0.4, -0.2) is 11.7 Å². The molecule has 0 radical (unpaired) electrons. The van der Waals surface area contributed by atoms with Crippen LogP contribution < -0.4 is 5.73 Å². The summed E-state index contributed by atoms with van der Waals surface area (Å²) in [5, 5.41) is 10.8. The molecule has 0 bridgehead atoms. The van der Waals surface area contributed by atoms with Gasteiger partial charge in [-0.3, -0.25) is 0 Å². The lowest BCUT2D eigenvalue weighted by atomic mass is 9.73. The first-order valence-corrected chi connectivity index (χ1v) is 8.02. The summed E-state index contributed by atoms with van der Waals surface area (Å²) >= 11 is 3.51. The highest BCUT2D eigenvalue weighted by Gasteiger charge is 2.37. The summed E-state index contributed by atoms with van der Waals surface area (Å²) in [5.41, 5.74) is 8.09. The molecule has 19 heavy (non-hydrogen) atoms. The van der Waals surface area contributed by atoms with Gasteiger partial charge in [-0.25, -0.2) is 0 Å². The molecule has 1 atom stereocenters. The maximum atomic E-state index is 10.8. The minimum atomic E-state index is -0.442. The summed E-state index contributed by atoms with van der Waals surface area (Å²) in [4.78, 5) is 0. The normalized spacial score (nSPS) is 20.8. The number of aryl methyl sites for hydroxylation is 1. The third-order valence-corrected chi connectivity index (χ3v) is 5.47. The molecule has 2 rings (SSSR count). The Morgan fingerprint density at radius 1 is 1.26 bits per heavy atom. The number of nitrogens with two attached hydrogens (primary N) is 1. The van der Waals surface area contributed by atoms with E-state index < -0.39 is 6.10 Å². The monoisotopic (exact) mass is 325 g/mol. The van der Waals surface area contributed by atoms with Crippen molar-refractivity contribution in [3.05, 3.63) is 33.8 Å². The topological polar surface area (TPSA) is 46.2 Å². The van der Waals surface area contributed by atoms with Gasteiger partial charge in [0.1, 0.15) is 0 Å². The number of aliphatic hydroxyl groups is 1. The lowest BCUT2D eigenvalue weighted by Crippen LogP contribution is -2.36. The second-order valence-corrected chi connectivity index (χ2v) is 6.75. The molecule has 1 aromatic carbocycles. The van der Waals surface area contributed by atoms with E-state index in [1.807, 2.05) is 12.1 Å². The molecule has 2 nitrogen and oxygen atoms in total. The Balaban J connectivity index is 2.28. The van der Waals surface area contributed by atoms with E-state index in [1.165, 1.54) is 25.7 Å². The molecule has 3 heteroatoms. The molecule has 1 aromatic rings. The van der Waals surface area contributed by atoms with Crippen LogP contribution in [0.25, 0.3) is 0 Å². The lowest BCUT2D eigenvalue weighted by Gasteiger charge is -2.37. The van der Waals surface area contributed by atoms with Crippen LogP contribution in [0.5, 0.6) is 0 Å². The molecule has 1 aliphatic rings. The molecule has 3 N–H and O–H groups in total. The number of aliphatic hydroxyl groups excluding tert-OH is 1. The van der Waals surface area contributed by atoms with Crippen molar-refractivity contribution in [1.82, 2.24) is 0 Å². The fourth-order valence-electron chi connectivity index (χ4n) is 3.21. The van der Waals surface area contributed by atoms with Gasteiger partial charge in [0, 0.05) is 16.4 Å². The van der Waals surface area contributed by atoms with Gasteiger partial charge in [0.2, 0.25) is 0 Å². The number of halogens is 1. The standard InChI is InChI=1S/C16H24BrNO/c1-12-10-13(6-7-14(12)17)15(19)16(11-18)8-4-2-3-5-9-16/h6-7,10,15,19H,2-5,8-9,11,18H2,1H3. The van der Waals surface area contributed by atoms with E-state index in [0.29, 0.717) is 6.54 Å². The maximum Gasteiger partial charge on any atom is 0.0858 e. The number of rotatable bonds is 3. The van der Waals surface area contributed by atoms with E-state index in [4.69, 9.17) is 5.73 Å². The molecule has 1 aliphatic carbocycles. The minimum Gasteiger partial charge on any atom is -0.388 e. The van der Waals surface area contributed by atoms with Crippen molar-refractivity contribution < 1.29 is 5.11 Å². The van der Waals surface area contributed by atoms with Crippen molar-refractivity contribution >= 4 is 15.9 Å². The molecule has 0 aromatic heterocycles. The second kappa shape index (κ2) is 6.38. The Morgan fingerprint density at radius 3 is 2.42 bits per heavy atom. The highest BCUT2D eigenvalue weighted by molar-refractivity contribution is 9.10.